The number of nitrogens with one attached hydrogen (secondary N) is 1. The van der Waals surface area contributed by atoms with Crippen molar-refractivity contribution in [3.05, 3.63) is 35.4 Å². The van der Waals surface area contributed by atoms with Gasteiger partial charge in [0, 0.05) is 18.7 Å². The van der Waals surface area contributed by atoms with Crippen LogP contribution in [0.1, 0.15) is 18.5 Å². The third-order valence-corrected chi connectivity index (χ3v) is 3.26. The zero-order valence-electron chi connectivity index (χ0n) is 10.7. The van der Waals surface area contributed by atoms with E-state index in [4.69, 9.17) is 5.73 Å². The molecule has 0 saturated carbocycles. The highest BCUT2D eigenvalue weighted by molar-refractivity contribution is 5.77. The zero-order valence-corrected chi connectivity index (χ0v) is 10.7. The molecule has 1 aromatic rings. The first-order valence-electron chi connectivity index (χ1n) is 6.21. The maximum atomic E-state index is 13.6. The summed E-state index contributed by atoms with van der Waals surface area (Å²) in [4.78, 5) is 13.3. The second kappa shape index (κ2) is 5.52. The predicted molar refractivity (Wildman–Crippen MR) is 67.4 cm³/mol. The van der Waals surface area contributed by atoms with Gasteiger partial charge < -0.3 is 16.0 Å². The van der Waals surface area contributed by atoms with E-state index >= 15 is 0 Å². The number of rotatable bonds is 4. The van der Waals surface area contributed by atoms with Crippen molar-refractivity contribution in [3.8, 4) is 0 Å². The van der Waals surface area contributed by atoms with E-state index < -0.39 is 17.7 Å². The molecule has 1 fully saturated rings. The zero-order chi connectivity index (χ0) is 14.0. The second-order valence-electron chi connectivity index (χ2n) is 4.91. The highest BCUT2D eigenvalue weighted by Gasteiger charge is 2.31. The van der Waals surface area contributed by atoms with Gasteiger partial charge in [0.15, 0.2) is 0 Å². The molecule has 0 aromatic heterocycles. The van der Waals surface area contributed by atoms with Crippen molar-refractivity contribution in [1.29, 1.82) is 0 Å². The van der Waals surface area contributed by atoms with E-state index in [1.807, 2.05) is 6.92 Å². The van der Waals surface area contributed by atoms with Gasteiger partial charge in [-0.25, -0.2) is 13.6 Å². The minimum atomic E-state index is -0.520. The number of urea groups is 1. The maximum Gasteiger partial charge on any atom is 0.318 e. The van der Waals surface area contributed by atoms with Gasteiger partial charge in [-0.2, -0.15) is 0 Å². The lowest BCUT2D eigenvalue weighted by molar-refractivity contribution is 0.211. The van der Waals surface area contributed by atoms with E-state index in [-0.39, 0.29) is 17.5 Å². The van der Waals surface area contributed by atoms with Gasteiger partial charge in [0.25, 0.3) is 0 Å². The first-order chi connectivity index (χ1) is 9.01. The third kappa shape index (κ3) is 3.01. The Morgan fingerprint density at radius 3 is 2.95 bits per heavy atom. The van der Waals surface area contributed by atoms with Crippen molar-refractivity contribution >= 4 is 6.03 Å². The summed E-state index contributed by atoms with van der Waals surface area (Å²) in [5.74, 6) is -0.860. The number of amides is 2. The van der Waals surface area contributed by atoms with E-state index in [2.05, 4.69) is 5.32 Å². The molecule has 0 radical (unpaired) electrons. The van der Waals surface area contributed by atoms with Gasteiger partial charge in [0.2, 0.25) is 0 Å². The number of nitrogens with zero attached hydrogens (tertiary/aromatic N) is 1. The van der Waals surface area contributed by atoms with Crippen LogP contribution >= 0.6 is 0 Å². The number of halogens is 2. The number of carbonyl (C=O) groups excluding carboxylic acids is 1. The third-order valence-electron chi connectivity index (χ3n) is 3.26. The van der Waals surface area contributed by atoms with Crippen LogP contribution in [0.25, 0.3) is 0 Å². The molecule has 1 aliphatic rings. The largest absolute Gasteiger partial charge is 0.330 e. The average Bonchev–Trinajstić information content (AvgIpc) is 2.73. The van der Waals surface area contributed by atoms with E-state index in [1.54, 1.807) is 4.90 Å². The van der Waals surface area contributed by atoms with Crippen molar-refractivity contribution in [2.75, 3.05) is 19.6 Å². The molecule has 4 nitrogen and oxygen atoms in total. The molecule has 0 bridgehead atoms. The number of hydrogen-bond acceptors (Lipinski definition) is 2. The van der Waals surface area contributed by atoms with Crippen LogP contribution in [0.3, 0.4) is 0 Å². The Kier molecular flexibility index (Phi) is 3.99. The monoisotopic (exact) mass is 269 g/mol. The Balaban J connectivity index is 2.12. The summed E-state index contributed by atoms with van der Waals surface area (Å²) < 4.78 is 26.8. The molecule has 2 rings (SSSR count). The molecular formula is C13H17F2N3O. The fraction of sp³-hybridized carbons (Fsp3) is 0.462. The Morgan fingerprint density at radius 2 is 2.26 bits per heavy atom. The first kappa shape index (κ1) is 13.7. The number of carbonyl (C=O) groups is 1. The molecule has 3 N–H and O–H groups in total. The van der Waals surface area contributed by atoms with Crippen LogP contribution in [-0.4, -0.2) is 30.6 Å². The van der Waals surface area contributed by atoms with E-state index in [1.165, 1.54) is 0 Å². The van der Waals surface area contributed by atoms with E-state index in [9.17, 15) is 13.6 Å². The van der Waals surface area contributed by atoms with Crippen LogP contribution in [0, 0.1) is 17.6 Å². The molecular weight excluding hydrogens is 252 g/mol. The molecule has 1 heterocycles. The summed E-state index contributed by atoms with van der Waals surface area (Å²) in [6, 6.07) is 2.46. The summed E-state index contributed by atoms with van der Waals surface area (Å²) in [5, 5.41) is 2.66. The highest BCUT2D eigenvalue weighted by atomic mass is 19.1. The molecule has 104 valence electrons. The maximum absolute atomic E-state index is 13.6. The SMILES string of the molecule is CC(CN)CN1CC(c2cc(F)ccc2F)NC1=O. The molecule has 1 aromatic carbocycles. The summed E-state index contributed by atoms with van der Waals surface area (Å²) in [6.45, 7) is 3.24. The molecule has 2 atom stereocenters. The lowest BCUT2D eigenvalue weighted by Crippen LogP contribution is -2.34. The highest BCUT2D eigenvalue weighted by Crippen LogP contribution is 2.24. The Hall–Kier alpha value is -1.69. The van der Waals surface area contributed by atoms with Gasteiger partial charge in [0.1, 0.15) is 11.6 Å². The van der Waals surface area contributed by atoms with E-state index in [0.717, 1.165) is 18.2 Å². The number of hydrogen-bond donors (Lipinski definition) is 2. The lowest BCUT2D eigenvalue weighted by Gasteiger charge is -2.18. The van der Waals surface area contributed by atoms with E-state index in [0.29, 0.717) is 19.6 Å². The van der Waals surface area contributed by atoms with Crippen molar-refractivity contribution in [3.63, 3.8) is 0 Å². The minimum Gasteiger partial charge on any atom is -0.330 e. The molecule has 2 unspecified atom stereocenters. The Labute approximate surface area is 110 Å². The van der Waals surface area contributed by atoms with Crippen LogP contribution < -0.4 is 11.1 Å². The van der Waals surface area contributed by atoms with Crippen LogP contribution in [-0.2, 0) is 0 Å². The Morgan fingerprint density at radius 1 is 1.53 bits per heavy atom. The number of nitrogens with two attached hydrogens (primary N) is 1. The standard InChI is InChI=1S/C13H17F2N3O/c1-8(5-16)6-18-7-12(17-13(18)19)10-4-9(14)2-3-11(10)15/h2-4,8,12H,5-7,16H2,1H3,(H,17,19). The van der Waals surface area contributed by atoms with Gasteiger partial charge >= 0.3 is 6.03 Å². The van der Waals surface area contributed by atoms with Crippen LogP contribution in [0.4, 0.5) is 13.6 Å². The second-order valence-corrected chi connectivity index (χ2v) is 4.91. The topological polar surface area (TPSA) is 58.4 Å². The lowest BCUT2D eigenvalue weighted by atomic mass is 10.1. The van der Waals surface area contributed by atoms with Crippen molar-refractivity contribution in [2.24, 2.45) is 11.7 Å². The molecule has 19 heavy (non-hydrogen) atoms. The van der Waals surface area contributed by atoms with Gasteiger partial charge in [-0.3, -0.25) is 0 Å². The molecule has 2 amide bonds. The quantitative estimate of drug-likeness (QED) is 0.872. The molecule has 1 saturated heterocycles. The predicted octanol–water partition coefficient (Wildman–Crippen LogP) is 1.63. The Bertz CT molecular complexity index is 481. The van der Waals surface area contributed by atoms with Gasteiger partial charge in [-0.05, 0) is 30.7 Å². The van der Waals surface area contributed by atoms with Crippen molar-refractivity contribution in [2.45, 2.75) is 13.0 Å². The molecule has 0 spiro atoms. The number of benzene rings is 1. The molecule has 1 aliphatic heterocycles. The van der Waals surface area contributed by atoms with Crippen molar-refractivity contribution in [1.82, 2.24) is 10.2 Å². The van der Waals surface area contributed by atoms with Gasteiger partial charge in [0.05, 0.1) is 6.04 Å². The normalized spacial score (nSPS) is 20.5. The summed E-state index contributed by atoms with van der Waals surface area (Å²) in [6.07, 6.45) is 0. The minimum absolute atomic E-state index is 0.168. The first-order valence-corrected chi connectivity index (χ1v) is 6.21. The molecule has 0 aliphatic carbocycles. The summed E-state index contributed by atoms with van der Waals surface area (Å²) in [5.41, 5.74) is 5.69. The fourth-order valence-electron chi connectivity index (χ4n) is 2.16. The van der Waals surface area contributed by atoms with Crippen LogP contribution in [0.2, 0.25) is 0 Å². The summed E-state index contributed by atoms with van der Waals surface area (Å²) >= 11 is 0. The molecule has 6 heteroatoms. The average molecular weight is 269 g/mol. The van der Waals surface area contributed by atoms with Gasteiger partial charge in [-0.15, -0.1) is 0 Å². The van der Waals surface area contributed by atoms with Crippen LogP contribution in [0.15, 0.2) is 18.2 Å². The van der Waals surface area contributed by atoms with Gasteiger partial charge in [-0.1, -0.05) is 6.92 Å². The summed E-state index contributed by atoms with van der Waals surface area (Å²) in [7, 11) is 0. The van der Waals surface area contributed by atoms with Crippen molar-refractivity contribution < 1.29 is 13.6 Å². The van der Waals surface area contributed by atoms with Crippen LogP contribution in [0.5, 0.6) is 0 Å². The smallest absolute Gasteiger partial charge is 0.318 e. The fourth-order valence-corrected chi connectivity index (χ4v) is 2.16.